The third kappa shape index (κ3) is 4.96. The van der Waals surface area contributed by atoms with Crippen molar-refractivity contribution in [3.8, 4) is 0 Å². The number of pyridine rings is 1. The van der Waals surface area contributed by atoms with Gasteiger partial charge in [-0.1, -0.05) is 0 Å². The third-order valence-electron chi connectivity index (χ3n) is 2.43. The van der Waals surface area contributed by atoms with Crippen LogP contribution in [0, 0.1) is 0 Å². The molecule has 1 aromatic rings. The van der Waals surface area contributed by atoms with Crippen molar-refractivity contribution >= 4 is 33.8 Å². The van der Waals surface area contributed by atoms with Gasteiger partial charge in [0, 0.05) is 17.1 Å². The van der Waals surface area contributed by atoms with E-state index in [1.54, 1.807) is 6.07 Å². The Kier molecular flexibility index (Phi) is 6.10. The monoisotopic (exact) mass is 344 g/mol. The van der Waals surface area contributed by atoms with E-state index in [4.69, 9.17) is 5.11 Å². The van der Waals surface area contributed by atoms with Gasteiger partial charge in [-0.25, -0.2) is 9.78 Å². The molecule has 1 aromatic heterocycles. The highest BCUT2D eigenvalue weighted by molar-refractivity contribution is 9.10. The van der Waals surface area contributed by atoms with E-state index in [1.165, 1.54) is 19.4 Å². The highest BCUT2D eigenvalue weighted by Gasteiger charge is 2.22. The summed E-state index contributed by atoms with van der Waals surface area (Å²) in [7, 11) is 1.21. The number of carboxylic acid groups (broad SMARTS) is 1. The van der Waals surface area contributed by atoms with Crippen LogP contribution in [0.2, 0.25) is 0 Å². The normalized spacial score (nSPS) is 11.5. The average Bonchev–Trinajstić information content (AvgIpc) is 2.43. The molecule has 0 aliphatic rings. The molecule has 108 valence electrons. The highest BCUT2D eigenvalue weighted by Crippen LogP contribution is 2.08. The number of hydrogen-bond acceptors (Lipinski definition) is 5. The first-order valence-electron chi connectivity index (χ1n) is 5.66. The molecule has 0 aromatic carbocycles. The maximum absolute atomic E-state index is 11.8. The number of nitrogens with zero attached hydrogens (tertiary/aromatic N) is 1. The third-order valence-corrected chi connectivity index (χ3v) is 2.90. The van der Waals surface area contributed by atoms with Gasteiger partial charge in [-0.05, 0) is 34.5 Å². The van der Waals surface area contributed by atoms with Crippen LogP contribution < -0.4 is 5.32 Å². The second kappa shape index (κ2) is 7.59. The second-order valence-electron chi connectivity index (χ2n) is 3.84. The lowest BCUT2D eigenvalue weighted by Crippen LogP contribution is -2.41. The Bertz CT molecular complexity index is 503. The molecular formula is C12H13BrN2O5. The fourth-order valence-corrected chi connectivity index (χ4v) is 1.60. The van der Waals surface area contributed by atoms with Crippen molar-refractivity contribution in [2.45, 2.75) is 18.9 Å². The molecule has 0 unspecified atom stereocenters. The van der Waals surface area contributed by atoms with Crippen LogP contribution >= 0.6 is 15.9 Å². The zero-order valence-electron chi connectivity index (χ0n) is 10.6. The van der Waals surface area contributed by atoms with E-state index < -0.39 is 23.9 Å². The summed E-state index contributed by atoms with van der Waals surface area (Å²) in [5.74, 6) is -2.37. The molecule has 20 heavy (non-hydrogen) atoms. The number of carbonyl (C=O) groups is 3. The minimum absolute atomic E-state index is 0.0513. The fraction of sp³-hybridized carbons (Fsp3) is 0.333. The van der Waals surface area contributed by atoms with Gasteiger partial charge in [0.2, 0.25) is 0 Å². The first-order chi connectivity index (χ1) is 9.43. The van der Waals surface area contributed by atoms with Crippen molar-refractivity contribution in [3.63, 3.8) is 0 Å². The Labute approximate surface area is 123 Å². The van der Waals surface area contributed by atoms with Crippen LogP contribution in [0.15, 0.2) is 22.8 Å². The van der Waals surface area contributed by atoms with E-state index in [2.05, 4.69) is 31.0 Å². The lowest BCUT2D eigenvalue weighted by molar-refractivity contribution is -0.142. The standard InChI is InChI=1S/C12H13BrN2O5/c1-20-10(16)5-4-9(12(18)19)15-11(17)8-3-2-7(13)6-14-8/h2-3,6,9H,4-5H2,1H3,(H,15,17)(H,18,19)/t9-/m1/s1. The maximum atomic E-state index is 11.8. The number of carboxylic acids is 1. The molecule has 1 rings (SSSR count). The minimum atomic E-state index is -1.22. The number of ether oxygens (including phenoxy) is 1. The molecule has 0 fully saturated rings. The number of rotatable bonds is 6. The molecule has 0 saturated heterocycles. The molecule has 0 radical (unpaired) electrons. The molecule has 0 bridgehead atoms. The van der Waals surface area contributed by atoms with Gasteiger partial charge in [-0.15, -0.1) is 0 Å². The first kappa shape index (κ1) is 16.1. The summed E-state index contributed by atoms with van der Waals surface area (Å²) in [6.07, 6.45) is 1.28. The molecule has 1 amide bonds. The van der Waals surface area contributed by atoms with E-state index in [0.29, 0.717) is 4.47 Å². The number of amides is 1. The summed E-state index contributed by atoms with van der Waals surface area (Å²) in [6.45, 7) is 0. The van der Waals surface area contributed by atoms with Gasteiger partial charge in [-0.3, -0.25) is 9.59 Å². The zero-order chi connectivity index (χ0) is 15.1. The van der Waals surface area contributed by atoms with Crippen molar-refractivity contribution in [2.24, 2.45) is 0 Å². The van der Waals surface area contributed by atoms with E-state index in [9.17, 15) is 14.4 Å². The molecule has 1 atom stereocenters. The second-order valence-corrected chi connectivity index (χ2v) is 4.76. The molecule has 0 spiro atoms. The largest absolute Gasteiger partial charge is 0.480 e. The summed E-state index contributed by atoms with van der Waals surface area (Å²) in [4.78, 5) is 37.7. The lowest BCUT2D eigenvalue weighted by atomic mass is 10.1. The number of carbonyl (C=O) groups excluding carboxylic acids is 2. The number of hydrogen-bond donors (Lipinski definition) is 2. The van der Waals surface area contributed by atoms with Crippen molar-refractivity contribution in [1.29, 1.82) is 0 Å². The Morgan fingerprint density at radius 2 is 2.15 bits per heavy atom. The summed E-state index contributed by atoms with van der Waals surface area (Å²) in [6, 6.07) is 1.90. The van der Waals surface area contributed by atoms with Crippen LogP contribution in [0.1, 0.15) is 23.3 Å². The quantitative estimate of drug-likeness (QED) is 0.745. The average molecular weight is 345 g/mol. The SMILES string of the molecule is COC(=O)CC[C@@H](NC(=O)c1ccc(Br)cn1)C(=O)O. The van der Waals surface area contributed by atoms with Crippen LogP contribution in [0.5, 0.6) is 0 Å². The van der Waals surface area contributed by atoms with Crippen molar-refractivity contribution in [3.05, 3.63) is 28.5 Å². The Morgan fingerprint density at radius 1 is 1.45 bits per heavy atom. The van der Waals surface area contributed by atoms with Gasteiger partial charge in [0.25, 0.3) is 5.91 Å². The molecule has 0 saturated carbocycles. The van der Waals surface area contributed by atoms with Crippen molar-refractivity contribution in [2.75, 3.05) is 7.11 Å². The van der Waals surface area contributed by atoms with Crippen molar-refractivity contribution in [1.82, 2.24) is 10.3 Å². The molecule has 0 aliphatic carbocycles. The lowest BCUT2D eigenvalue weighted by Gasteiger charge is -2.13. The van der Waals surface area contributed by atoms with Gasteiger partial charge >= 0.3 is 11.9 Å². The molecule has 8 heteroatoms. The number of aliphatic carboxylic acids is 1. The van der Waals surface area contributed by atoms with Gasteiger partial charge in [0.05, 0.1) is 7.11 Å². The maximum Gasteiger partial charge on any atom is 0.326 e. The molecule has 7 nitrogen and oxygen atoms in total. The van der Waals surface area contributed by atoms with Gasteiger partial charge in [0.15, 0.2) is 0 Å². The fourth-order valence-electron chi connectivity index (χ4n) is 1.36. The predicted molar refractivity (Wildman–Crippen MR) is 72.1 cm³/mol. The van der Waals surface area contributed by atoms with E-state index in [0.717, 1.165) is 0 Å². The van der Waals surface area contributed by atoms with E-state index >= 15 is 0 Å². The highest BCUT2D eigenvalue weighted by atomic mass is 79.9. The van der Waals surface area contributed by atoms with E-state index in [-0.39, 0.29) is 18.5 Å². The van der Waals surface area contributed by atoms with Gasteiger partial charge < -0.3 is 15.2 Å². The number of nitrogens with one attached hydrogen (secondary N) is 1. The van der Waals surface area contributed by atoms with Crippen LogP contribution in [0.4, 0.5) is 0 Å². The Hall–Kier alpha value is -1.96. The Morgan fingerprint density at radius 3 is 2.65 bits per heavy atom. The molecule has 1 heterocycles. The van der Waals surface area contributed by atoms with Crippen molar-refractivity contribution < 1.29 is 24.2 Å². The zero-order valence-corrected chi connectivity index (χ0v) is 12.2. The van der Waals surface area contributed by atoms with Gasteiger partial charge in [-0.2, -0.15) is 0 Å². The molecular weight excluding hydrogens is 332 g/mol. The van der Waals surface area contributed by atoms with Gasteiger partial charge in [0.1, 0.15) is 11.7 Å². The number of methoxy groups -OCH3 is 1. The van der Waals surface area contributed by atoms with Crippen LogP contribution in [-0.4, -0.2) is 41.1 Å². The van der Waals surface area contributed by atoms with Crippen LogP contribution in [0.25, 0.3) is 0 Å². The number of halogens is 1. The Balaban J connectivity index is 2.65. The molecule has 2 N–H and O–H groups in total. The number of aromatic nitrogens is 1. The van der Waals surface area contributed by atoms with Crippen LogP contribution in [-0.2, 0) is 14.3 Å². The van der Waals surface area contributed by atoms with E-state index in [1.807, 2.05) is 0 Å². The summed E-state index contributed by atoms with van der Waals surface area (Å²) in [5.41, 5.74) is 0.0949. The summed E-state index contributed by atoms with van der Waals surface area (Å²) >= 11 is 3.18. The summed E-state index contributed by atoms with van der Waals surface area (Å²) in [5, 5.41) is 11.3. The minimum Gasteiger partial charge on any atom is -0.480 e. The topological polar surface area (TPSA) is 106 Å². The summed E-state index contributed by atoms with van der Waals surface area (Å²) < 4.78 is 5.12. The first-order valence-corrected chi connectivity index (χ1v) is 6.45. The smallest absolute Gasteiger partial charge is 0.326 e. The molecule has 0 aliphatic heterocycles. The number of esters is 1. The van der Waals surface area contributed by atoms with Crippen LogP contribution in [0.3, 0.4) is 0 Å². The predicted octanol–water partition coefficient (Wildman–Crippen LogP) is 0.980.